The van der Waals surface area contributed by atoms with Crippen molar-refractivity contribution in [3.8, 4) is 11.9 Å². The molecule has 2 heterocycles. The Balaban J connectivity index is 2.47. The van der Waals surface area contributed by atoms with E-state index in [0.717, 1.165) is 6.54 Å². The average molecular weight is 277 g/mol. The van der Waals surface area contributed by atoms with Crippen LogP contribution in [0.1, 0.15) is 30.5 Å². The largest absolute Gasteiger partial charge is 0.494 e. The molecule has 20 heavy (non-hydrogen) atoms. The van der Waals surface area contributed by atoms with Crippen LogP contribution in [-0.4, -0.2) is 34.0 Å². The summed E-state index contributed by atoms with van der Waals surface area (Å²) in [6.07, 6.45) is 0.157. The second-order valence-electron chi connectivity index (χ2n) is 5.08. The van der Waals surface area contributed by atoms with Crippen molar-refractivity contribution < 1.29 is 9.84 Å². The SMILES string of the molecule is CCn1c(O)c(CN2COC(C)C2)c(C)c(C#N)c1=O. The van der Waals surface area contributed by atoms with Crippen LogP contribution < -0.4 is 5.56 Å². The Morgan fingerprint density at radius 3 is 2.75 bits per heavy atom. The summed E-state index contributed by atoms with van der Waals surface area (Å²) in [4.78, 5) is 14.1. The van der Waals surface area contributed by atoms with Crippen molar-refractivity contribution >= 4 is 0 Å². The summed E-state index contributed by atoms with van der Waals surface area (Å²) in [7, 11) is 0. The molecule has 0 amide bonds. The molecule has 1 aromatic rings. The zero-order chi connectivity index (χ0) is 14.9. The summed E-state index contributed by atoms with van der Waals surface area (Å²) in [5, 5.41) is 19.4. The van der Waals surface area contributed by atoms with Crippen molar-refractivity contribution in [3.63, 3.8) is 0 Å². The summed E-state index contributed by atoms with van der Waals surface area (Å²) in [6.45, 7) is 7.52. The van der Waals surface area contributed by atoms with E-state index in [1.54, 1.807) is 13.8 Å². The highest BCUT2D eigenvalue weighted by atomic mass is 16.5. The van der Waals surface area contributed by atoms with Gasteiger partial charge in [0.25, 0.3) is 5.56 Å². The van der Waals surface area contributed by atoms with E-state index in [9.17, 15) is 9.90 Å². The molecule has 0 aromatic carbocycles. The molecule has 0 radical (unpaired) electrons. The molecule has 0 saturated carbocycles. The summed E-state index contributed by atoms with van der Waals surface area (Å²) in [5.74, 6) is -0.0476. The first-order chi connectivity index (χ1) is 9.49. The maximum Gasteiger partial charge on any atom is 0.271 e. The summed E-state index contributed by atoms with van der Waals surface area (Å²) in [6, 6.07) is 1.95. The first kappa shape index (κ1) is 14.6. The fourth-order valence-corrected chi connectivity index (χ4v) is 2.52. The van der Waals surface area contributed by atoms with Crippen LogP contribution in [0.5, 0.6) is 5.88 Å². The number of hydrogen-bond donors (Lipinski definition) is 1. The average Bonchev–Trinajstić information content (AvgIpc) is 2.81. The minimum absolute atomic E-state index is 0.0476. The maximum absolute atomic E-state index is 12.1. The van der Waals surface area contributed by atoms with Crippen LogP contribution in [-0.2, 0) is 17.8 Å². The van der Waals surface area contributed by atoms with E-state index in [-0.39, 0.29) is 17.5 Å². The van der Waals surface area contributed by atoms with Gasteiger partial charge in [-0.25, -0.2) is 0 Å². The number of hydrogen-bond acceptors (Lipinski definition) is 5. The number of pyridine rings is 1. The van der Waals surface area contributed by atoms with Crippen molar-refractivity contribution in [2.45, 2.75) is 40.0 Å². The fourth-order valence-electron chi connectivity index (χ4n) is 2.52. The molecule has 6 heteroatoms. The van der Waals surface area contributed by atoms with E-state index < -0.39 is 5.56 Å². The van der Waals surface area contributed by atoms with Crippen LogP contribution >= 0.6 is 0 Å². The molecule has 1 aliphatic heterocycles. The molecule has 1 unspecified atom stereocenters. The number of nitrogens with zero attached hydrogens (tertiary/aromatic N) is 3. The molecule has 1 fully saturated rings. The quantitative estimate of drug-likeness (QED) is 0.889. The third-order valence-corrected chi connectivity index (χ3v) is 3.68. The van der Waals surface area contributed by atoms with Crippen LogP contribution in [0.15, 0.2) is 4.79 Å². The van der Waals surface area contributed by atoms with Crippen molar-refractivity contribution in [2.75, 3.05) is 13.3 Å². The van der Waals surface area contributed by atoms with E-state index in [4.69, 9.17) is 10.00 Å². The number of aromatic hydroxyl groups is 1. The van der Waals surface area contributed by atoms with Gasteiger partial charge >= 0.3 is 0 Å². The Morgan fingerprint density at radius 2 is 2.25 bits per heavy atom. The van der Waals surface area contributed by atoms with Crippen LogP contribution in [0.3, 0.4) is 0 Å². The highest BCUT2D eigenvalue weighted by Gasteiger charge is 2.24. The molecule has 108 valence electrons. The predicted octanol–water partition coefficient (Wildman–Crippen LogP) is 0.932. The molecule has 0 spiro atoms. The van der Waals surface area contributed by atoms with Crippen LogP contribution in [0.4, 0.5) is 0 Å². The first-order valence-corrected chi connectivity index (χ1v) is 6.68. The normalized spacial score (nSPS) is 19.2. The number of rotatable bonds is 3. The third-order valence-electron chi connectivity index (χ3n) is 3.68. The van der Waals surface area contributed by atoms with Crippen molar-refractivity contribution in [1.29, 1.82) is 5.26 Å². The summed E-state index contributed by atoms with van der Waals surface area (Å²) in [5.41, 5.74) is 0.854. The predicted molar refractivity (Wildman–Crippen MR) is 73.3 cm³/mol. The molecule has 0 bridgehead atoms. The molecule has 1 aliphatic rings. The van der Waals surface area contributed by atoms with Crippen LogP contribution in [0.25, 0.3) is 0 Å². The van der Waals surface area contributed by atoms with Crippen molar-refractivity contribution in [2.24, 2.45) is 0 Å². The Morgan fingerprint density at radius 1 is 1.55 bits per heavy atom. The highest BCUT2D eigenvalue weighted by molar-refractivity contribution is 5.45. The fraction of sp³-hybridized carbons (Fsp3) is 0.571. The van der Waals surface area contributed by atoms with E-state index >= 15 is 0 Å². The lowest BCUT2D eigenvalue weighted by Crippen LogP contribution is -2.28. The highest BCUT2D eigenvalue weighted by Crippen LogP contribution is 2.24. The van der Waals surface area contributed by atoms with Crippen LogP contribution in [0.2, 0.25) is 0 Å². The van der Waals surface area contributed by atoms with Gasteiger partial charge in [0.2, 0.25) is 0 Å². The van der Waals surface area contributed by atoms with Gasteiger partial charge in [-0.15, -0.1) is 0 Å². The van der Waals surface area contributed by atoms with E-state index in [2.05, 4.69) is 0 Å². The van der Waals surface area contributed by atoms with Gasteiger partial charge in [0, 0.05) is 25.2 Å². The zero-order valence-electron chi connectivity index (χ0n) is 12.0. The number of aromatic nitrogens is 1. The van der Waals surface area contributed by atoms with Crippen molar-refractivity contribution in [1.82, 2.24) is 9.47 Å². The smallest absolute Gasteiger partial charge is 0.271 e. The number of ether oxygens (including phenoxy) is 1. The van der Waals surface area contributed by atoms with Gasteiger partial charge in [-0.05, 0) is 26.3 Å². The monoisotopic (exact) mass is 277 g/mol. The van der Waals surface area contributed by atoms with Gasteiger partial charge in [-0.1, -0.05) is 0 Å². The lowest BCUT2D eigenvalue weighted by molar-refractivity contribution is 0.0967. The second-order valence-corrected chi connectivity index (χ2v) is 5.08. The summed E-state index contributed by atoms with van der Waals surface area (Å²) < 4.78 is 6.70. The van der Waals surface area contributed by atoms with Crippen LogP contribution in [0, 0.1) is 18.3 Å². The Bertz CT molecular complexity index is 616. The Labute approximate surface area is 117 Å². The molecule has 2 rings (SSSR count). The summed E-state index contributed by atoms with van der Waals surface area (Å²) >= 11 is 0. The van der Waals surface area contributed by atoms with E-state index in [0.29, 0.717) is 30.9 Å². The standard InChI is InChI=1S/C14H19N3O3/c1-4-17-13(18)11(5-15)10(3)12(14(17)19)7-16-6-9(2)20-8-16/h9,19H,4,6-8H2,1-3H3. The molecular formula is C14H19N3O3. The molecule has 1 aromatic heterocycles. The second kappa shape index (κ2) is 5.65. The molecule has 0 aliphatic carbocycles. The van der Waals surface area contributed by atoms with E-state index in [1.807, 2.05) is 17.9 Å². The first-order valence-electron chi connectivity index (χ1n) is 6.68. The van der Waals surface area contributed by atoms with Crippen molar-refractivity contribution in [3.05, 3.63) is 27.0 Å². The van der Waals surface area contributed by atoms with Gasteiger partial charge in [0.1, 0.15) is 11.6 Å². The zero-order valence-corrected chi connectivity index (χ0v) is 12.0. The van der Waals surface area contributed by atoms with Gasteiger partial charge in [-0.3, -0.25) is 14.3 Å². The lowest BCUT2D eigenvalue weighted by Gasteiger charge is -2.19. The molecular weight excluding hydrogens is 258 g/mol. The third kappa shape index (κ3) is 2.42. The molecule has 1 N–H and O–H groups in total. The maximum atomic E-state index is 12.1. The molecule has 6 nitrogen and oxygen atoms in total. The molecule has 1 atom stereocenters. The lowest BCUT2D eigenvalue weighted by atomic mass is 10.0. The Hall–Kier alpha value is -1.84. The van der Waals surface area contributed by atoms with Gasteiger partial charge < -0.3 is 9.84 Å². The van der Waals surface area contributed by atoms with Gasteiger partial charge in [-0.2, -0.15) is 5.26 Å². The topological polar surface area (TPSA) is 78.5 Å². The molecule has 1 saturated heterocycles. The van der Waals surface area contributed by atoms with E-state index in [1.165, 1.54) is 4.57 Å². The number of nitriles is 1. The minimum atomic E-state index is -0.431. The minimum Gasteiger partial charge on any atom is -0.494 e. The van der Waals surface area contributed by atoms with Gasteiger partial charge in [0.15, 0.2) is 5.88 Å². The van der Waals surface area contributed by atoms with Gasteiger partial charge in [0.05, 0.1) is 12.8 Å². The Kier molecular flexibility index (Phi) is 4.12.